The first-order chi connectivity index (χ1) is 21.5. The molecule has 2 aliphatic rings. The summed E-state index contributed by atoms with van der Waals surface area (Å²) in [6.07, 6.45) is 3.51. The molecule has 4 N–H and O–H groups in total. The van der Waals surface area contributed by atoms with Gasteiger partial charge >= 0.3 is 0 Å². The molecule has 2 aromatic carbocycles. The predicted octanol–water partition coefficient (Wildman–Crippen LogP) is 4.94. The van der Waals surface area contributed by atoms with E-state index in [-0.39, 0.29) is 36.1 Å². The summed E-state index contributed by atoms with van der Waals surface area (Å²) < 4.78 is 0. The Morgan fingerprint density at radius 3 is 2.49 bits per heavy atom. The Bertz CT molecular complexity index is 1440. The van der Waals surface area contributed by atoms with Gasteiger partial charge in [0, 0.05) is 42.8 Å². The summed E-state index contributed by atoms with van der Waals surface area (Å²) in [5.74, 6) is -0.360. The molecule has 11 nitrogen and oxygen atoms in total. The van der Waals surface area contributed by atoms with E-state index in [0.717, 1.165) is 29.5 Å². The molecule has 45 heavy (non-hydrogen) atoms. The molecule has 1 unspecified atom stereocenters. The van der Waals surface area contributed by atoms with E-state index in [1.165, 1.54) is 5.06 Å². The van der Waals surface area contributed by atoms with Crippen LogP contribution in [0.4, 0.5) is 5.69 Å². The van der Waals surface area contributed by atoms with Crippen molar-refractivity contribution in [3.63, 3.8) is 0 Å². The van der Waals surface area contributed by atoms with Gasteiger partial charge < -0.3 is 16.0 Å². The molecule has 11 heteroatoms. The molecular weight excluding hydrogens is 574 g/mol. The first-order valence-electron chi connectivity index (χ1n) is 15.6. The topological polar surface area (TPSA) is 147 Å². The van der Waals surface area contributed by atoms with Gasteiger partial charge in [-0.25, -0.2) is 14.9 Å². The first-order valence-corrected chi connectivity index (χ1v) is 15.6. The van der Waals surface area contributed by atoms with Crippen molar-refractivity contribution in [2.24, 2.45) is 16.1 Å². The van der Waals surface area contributed by atoms with Gasteiger partial charge in [0.25, 0.3) is 11.8 Å². The number of aliphatic imine (C=N–C) groups is 1. The van der Waals surface area contributed by atoms with Gasteiger partial charge in [-0.1, -0.05) is 52.0 Å². The Labute approximate surface area is 265 Å². The van der Waals surface area contributed by atoms with E-state index >= 15 is 0 Å². The number of carbonyl (C=O) groups excluding carboxylic acids is 3. The van der Waals surface area contributed by atoms with Crippen molar-refractivity contribution in [2.75, 3.05) is 26.2 Å². The Hall–Kier alpha value is -4.06. The van der Waals surface area contributed by atoms with Crippen LogP contribution in [-0.2, 0) is 19.3 Å². The van der Waals surface area contributed by atoms with E-state index in [0.29, 0.717) is 48.8 Å². The molecule has 0 aliphatic carbocycles. The van der Waals surface area contributed by atoms with Crippen molar-refractivity contribution in [3.05, 3.63) is 59.2 Å². The number of carbonyl (C=O) groups is 3. The molecule has 0 bridgehead atoms. The monoisotopic (exact) mass is 619 g/mol. The quantitative estimate of drug-likeness (QED) is 0.238. The lowest BCUT2D eigenvalue weighted by Gasteiger charge is -2.29. The normalized spacial score (nSPS) is 17.1. The van der Waals surface area contributed by atoms with Crippen LogP contribution in [-0.4, -0.2) is 77.2 Å². The number of fused-ring (bicyclic) bond motifs is 1. The number of hydrogen-bond acceptors (Lipinski definition) is 8. The maximum Gasteiger partial charge on any atom is 0.273 e. The standard InChI is InChI=1S/C34H45N5O6/c1-6-16-39(44-7-2)33(42)26-18-25-15-14-24(19-27(25)37-30(35)20-26)22-10-12-23(13-11-22)32(41)38-17-8-9-28(38)31(40)36-21-29(45-43)34(3,4)5/h10-15,18-19,28-29,43H,6-9,16-17,20-21H2,1-5H3,(H2,35,37)(H,36,40)/t28-,29?/m1/s1. The minimum Gasteiger partial charge on any atom is -0.387 e. The summed E-state index contributed by atoms with van der Waals surface area (Å²) in [7, 11) is 0. The number of benzene rings is 2. The maximum absolute atomic E-state index is 13.4. The maximum atomic E-state index is 13.4. The van der Waals surface area contributed by atoms with Gasteiger partial charge in [-0.15, -0.1) is 0 Å². The fourth-order valence-electron chi connectivity index (χ4n) is 5.52. The molecule has 2 aliphatic heterocycles. The molecule has 2 heterocycles. The fraction of sp³-hybridized carbons (Fsp3) is 0.471. The van der Waals surface area contributed by atoms with Crippen LogP contribution < -0.4 is 11.1 Å². The van der Waals surface area contributed by atoms with E-state index in [9.17, 15) is 19.6 Å². The molecule has 4 rings (SSSR count). The first kappa shape index (κ1) is 33.8. The summed E-state index contributed by atoms with van der Waals surface area (Å²) in [6, 6.07) is 12.4. The zero-order valence-corrected chi connectivity index (χ0v) is 26.8. The third-order valence-electron chi connectivity index (χ3n) is 8.05. The van der Waals surface area contributed by atoms with Gasteiger partial charge in [0.2, 0.25) is 5.91 Å². The highest BCUT2D eigenvalue weighted by molar-refractivity contribution is 6.05. The van der Waals surface area contributed by atoms with E-state index in [4.69, 9.17) is 10.6 Å². The van der Waals surface area contributed by atoms with E-state index in [1.807, 2.05) is 71.0 Å². The van der Waals surface area contributed by atoms with Crippen LogP contribution in [0.3, 0.4) is 0 Å². The Balaban J connectivity index is 1.48. The van der Waals surface area contributed by atoms with Crippen LogP contribution >= 0.6 is 0 Å². The van der Waals surface area contributed by atoms with E-state index in [1.54, 1.807) is 17.0 Å². The number of hydrogen-bond donors (Lipinski definition) is 3. The number of nitrogens with one attached hydrogen (secondary N) is 1. The zero-order chi connectivity index (χ0) is 32.7. The number of hydroxylamine groups is 2. The molecule has 1 fully saturated rings. The lowest BCUT2D eigenvalue weighted by molar-refractivity contribution is -0.297. The predicted molar refractivity (Wildman–Crippen MR) is 173 cm³/mol. The number of likely N-dealkylation sites (tertiary alicyclic amines) is 1. The Morgan fingerprint density at radius 1 is 1.13 bits per heavy atom. The van der Waals surface area contributed by atoms with Crippen LogP contribution in [0.5, 0.6) is 0 Å². The van der Waals surface area contributed by atoms with Crippen molar-refractivity contribution in [1.29, 1.82) is 0 Å². The van der Waals surface area contributed by atoms with Crippen LogP contribution in [0, 0.1) is 5.41 Å². The summed E-state index contributed by atoms with van der Waals surface area (Å²) in [4.78, 5) is 55.9. The van der Waals surface area contributed by atoms with Crippen molar-refractivity contribution in [3.8, 4) is 11.1 Å². The van der Waals surface area contributed by atoms with Crippen molar-refractivity contribution < 1.29 is 29.4 Å². The van der Waals surface area contributed by atoms with Crippen molar-refractivity contribution in [2.45, 2.75) is 72.4 Å². The molecule has 242 valence electrons. The van der Waals surface area contributed by atoms with E-state index in [2.05, 4.69) is 15.2 Å². The summed E-state index contributed by atoms with van der Waals surface area (Å²) >= 11 is 0. The smallest absolute Gasteiger partial charge is 0.273 e. The summed E-state index contributed by atoms with van der Waals surface area (Å²) in [6.45, 7) is 11.0. The molecular formula is C34H45N5O6. The number of rotatable bonds is 11. The lowest BCUT2D eigenvalue weighted by Crippen LogP contribution is -2.49. The highest BCUT2D eigenvalue weighted by Gasteiger charge is 2.35. The van der Waals surface area contributed by atoms with Gasteiger partial charge in [0.15, 0.2) is 0 Å². The van der Waals surface area contributed by atoms with Gasteiger partial charge in [-0.3, -0.25) is 24.5 Å². The van der Waals surface area contributed by atoms with Crippen LogP contribution in [0.1, 0.15) is 76.2 Å². The largest absolute Gasteiger partial charge is 0.387 e. The third kappa shape index (κ3) is 8.16. The van der Waals surface area contributed by atoms with Gasteiger partial charge in [-0.2, -0.15) is 0 Å². The zero-order valence-electron chi connectivity index (χ0n) is 26.8. The van der Waals surface area contributed by atoms with E-state index < -0.39 is 12.1 Å². The van der Waals surface area contributed by atoms with Crippen LogP contribution in [0.25, 0.3) is 17.2 Å². The van der Waals surface area contributed by atoms with Crippen LogP contribution in [0.2, 0.25) is 0 Å². The second-order valence-electron chi connectivity index (χ2n) is 12.5. The molecule has 0 radical (unpaired) electrons. The number of amides is 3. The third-order valence-corrected chi connectivity index (χ3v) is 8.05. The Kier molecular flexibility index (Phi) is 11.1. The fourth-order valence-corrected chi connectivity index (χ4v) is 5.52. The SMILES string of the molecule is CCCN(OCC)C(=O)C1=Cc2ccc(-c3ccc(C(=O)N4CCC[C@@H]4C(=O)NCC(OO)C(C)(C)C)cc3)cc2N=C(N)C1. The molecule has 2 atom stereocenters. The highest BCUT2D eigenvalue weighted by Crippen LogP contribution is 2.33. The van der Waals surface area contributed by atoms with Crippen molar-refractivity contribution in [1.82, 2.24) is 15.3 Å². The second-order valence-corrected chi connectivity index (χ2v) is 12.5. The minimum atomic E-state index is -0.586. The molecule has 0 aromatic heterocycles. The molecule has 0 spiro atoms. The molecule has 3 amide bonds. The van der Waals surface area contributed by atoms with Gasteiger partial charge in [-0.05, 0) is 67.0 Å². The minimum absolute atomic E-state index is 0.139. The average Bonchev–Trinajstić information content (AvgIpc) is 3.44. The Morgan fingerprint density at radius 2 is 1.84 bits per heavy atom. The number of amidine groups is 1. The van der Waals surface area contributed by atoms with Crippen molar-refractivity contribution >= 4 is 35.3 Å². The van der Waals surface area contributed by atoms with Gasteiger partial charge in [0.1, 0.15) is 18.0 Å². The highest BCUT2D eigenvalue weighted by atomic mass is 17.1. The average molecular weight is 620 g/mol. The number of nitrogens with two attached hydrogens (primary N) is 1. The van der Waals surface area contributed by atoms with Gasteiger partial charge in [0.05, 0.1) is 12.3 Å². The molecule has 1 saturated heterocycles. The summed E-state index contributed by atoms with van der Waals surface area (Å²) in [5, 5.41) is 13.5. The lowest BCUT2D eigenvalue weighted by atomic mass is 9.89. The molecule has 0 saturated carbocycles. The summed E-state index contributed by atoms with van der Waals surface area (Å²) in [5.41, 5.74) is 10.0. The molecule has 2 aromatic rings. The number of nitrogens with zero attached hydrogens (tertiary/aromatic N) is 3. The second kappa shape index (κ2) is 14.8. The van der Waals surface area contributed by atoms with Crippen LogP contribution in [0.15, 0.2) is 53.0 Å².